The van der Waals surface area contributed by atoms with E-state index in [0.29, 0.717) is 49.5 Å². The van der Waals surface area contributed by atoms with E-state index in [4.69, 9.17) is 9.47 Å². The fourth-order valence-corrected chi connectivity index (χ4v) is 4.91. The third-order valence-electron chi connectivity index (χ3n) is 6.33. The molecule has 0 spiro atoms. The molecule has 0 aliphatic carbocycles. The normalized spacial score (nSPS) is 20.0. The van der Waals surface area contributed by atoms with Crippen LogP contribution in [-0.4, -0.2) is 50.8 Å². The lowest BCUT2D eigenvalue weighted by Crippen LogP contribution is -2.34. The number of ether oxygens (including phenoxy) is 2. The van der Waals surface area contributed by atoms with E-state index in [1.54, 1.807) is 10.9 Å². The fourth-order valence-electron chi connectivity index (χ4n) is 4.43. The number of halogens is 1. The van der Waals surface area contributed by atoms with Crippen molar-refractivity contribution in [2.45, 2.75) is 38.2 Å². The van der Waals surface area contributed by atoms with Crippen LogP contribution in [0.3, 0.4) is 0 Å². The molecule has 0 saturated carbocycles. The van der Waals surface area contributed by atoms with Crippen LogP contribution in [0.15, 0.2) is 47.1 Å². The highest BCUT2D eigenvalue weighted by Gasteiger charge is 2.36. The van der Waals surface area contributed by atoms with Crippen molar-refractivity contribution < 1.29 is 19.4 Å². The number of aromatic nitrogens is 3. The Balaban J connectivity index is 1.26. The highest BCUT2D eigenvalue weighted by Crippen LogP contribution is 2.34. The minimum atomic E-state index is -1.12. The number of amides is 1. The fraction of sp³-hybridized carbons (Fsp3) is 0.375. The molecule has 3 aromatic rings. The maximum atomic E-state index is 13.0. The number of carbonyl (C=O) groups excluding carboxylic acids is 1. The summed E-state index contributed by atoms with van der Waals surface area (Å²) in [5.41, 5.74) is 2.27. The van der Waals surface area contributed by atoms with Crippen LogP contribution in [0, 0.1) is 6.92 Å². The van der Waals surface area contributed by atoms with Crippen LogP contribution < -0.4 is 9.47 Å². The minimum absolute atomic E-state index is 0.0345. The lowest BCUT2D eigenvalue weighted by Gasteiger charge is -2.24. The van der Waals surface area contributed by atoms with Gasteiger partial charge in [-0.05, 0) is 67.6 Å². The summed E-state index contributed by atoms with van der Waals surface area (Å²) in [6, 6.07) is 11.5. The molecule has 1 N–H and O–H groups in total. The summed E-state index contributed by atoms with van der Waals surface area (Å²) in [5.74, 6) is 1.42. The molecular weight excluding hydrogens is 488 g/mol. The van der Waals surface area contributed by atoms with Crippen molar-refractivity contribution in [1.82, 2.24) is 19.9 Å². The van der Waals surface area contributed by atoms with Crippen LogP contribution in [0.1, 0.15) is 36.1 Å². The maximum Gasteiger partial charge on any atom is 0.231 e. The van der Waals surface area contributed by atoms with Gasteiger partial charge in [0.2, 0.25) is 12.7 Å². The summed E-state index contributed by atoms with van der Waals surface area (Å²) in [4.78, 5) is 14.8. The number of likely N-dealkylation sites (tertiary alicyclic amines) is 1. The molecule has 5 rings (SSSR count). The lowest BCUT2D eigenvalue weighted by atomic mass is 9.92. The predicted octanol–water partition coefficient (Wildman–Crippen LogP) is 3.51. The second-order valence-electron chi connectivity index (χ2n) is 8.61. The van der Waals surface area contributed by atoms with Crippen molar-refractivity contribution in [2.24, 2.45) is 0 Å². The summed E-state index contributed by atoms with van der Waals surface area (Å²) in [7, 11) is 0. The van der Waals surface area contributed by atoms with Crippen LogP contribution in [0.5, 0.6) is 11.5 Å². The average molecular weight is 513 g/mol. The average Bonchev–Trinajstić information content (AvgIpc) is 3.41. The van der Waals surface area contributed by atoms with Gasteiger partial charge in [-0.3, -0.25) is 4.79 Å². The Morgan fingerprint density at radius 3 is 2.85 bits per heavy atom. The van der Waals surface area contributed by atoms with Crippen LogP contribution in [0.2, 0.25) is 0 Å². The Labute approximate surface area is 200 Å². The van der Waals surface area contributed by atoms with E-state index in [1.165, 1.54) is 0 Å². The second kappa shape index (κ2) is 8.79. The van der Waals surface area contributed by atoms with Gasteiger partial charge in [0.25, 0.3) is 0 Å². The number of nitrogens with zero attached hydrogens (tertiary/aromatic N) is 4. The van der Waals surface area contributed by atoms with Gasteiger partial charge in [0, 0.05) is 17.6 Å². The first kappa shape index (κ1) is 21.9. The monoisotopic (exact) mass is 512 g/mol. The largest absolute Gasteiger partial charge is 0.454 e. The van der Waals surface area contributed by atoms with Gasteiger partial charge in [-0.25, -0.2) is 4.68 Å². The molecule has 2 aromatic carbocycles. The summed E-state index contributed by atoms with van der Waals surface area (Å²) in [6.45, 7) is 3.28. The van der Waals surface area contributed by atoms with Gasteiger partial charge in [-0.15, -0.1) is 5.10 Å². The summed E-state index contributed by atoms with van der Waals surface area (Å²) < 4.78 is 13.4. The number of fused-ring (bicyclic) bond motifs is 1. The number of carbonyl (C=O) groups is 1. The zero-order valence-corrected chi connectivity index (χ0v) is 19.9. The van der Waals surface area contributed by atoms with Crippen molar-refractivity contribution in [2.75, 3.05) is 19.9 Å². The van der Waals surface area contributed by atoms with E-state index in [0.717, 1.165) is 21.3 Å². The van der Waals surface area contributed by atoms with Gasteiger partial charge in [0.1, 0.15) is 11.3 Å². The highest BCUT2D eigenvalue weighted by atomic mass is 79.9. The van der Waals surface area contributed by atoms with Crippen LogP contribution in [0.25, 0.3) is 5.69 Å². The third-order valence-corrected chi connectivity index (χ3v) is 6.83. The molecule has 9 heteroatoms. The Bertz CT molecular complexity index is 1200. The molecule has 33 heavy (non-hydrogen) atoms. The smallest absolute Gasteiger partial charge is 0.231 e. The molecule has 1 aromatic heterocycles. The van der Waals surface area contributed by atoms with Gasteiger partial charge in [-0.1, -0.05) is 27.2 Å². The quantitative estimate of drug-likeness (QED) is 0.575. The molecule has 1 unspecified atom stereocenters. The van der Waals surface area contributed by atoms with Gasteiger partial charge < -0.3 is 19.5 Å². The molecule has 1 fully saturated rings. The Hall–Kier alpha value is -2.91. The van der Waals surface area contributed by atoms with E-state index >= 15 is 0 Å². The highest BCUT2D eigenvalue weighted by molar-refractivity contribution is 9.10. The van der Waals surface area contributed by atoms with Crippen LogP contribution in [0.4, 0.5) is 0 Å². The maximum absolute atomic E-state index is 13.0. The van der Waals surface area contributed by atoms with E-state index in [-0.39, 0.29) is 19.1 Å². The molecule has 8 nitrogen and oxygen atoms in total. The third kappa shape index (κ3) is 4.47. The molecule has 1 atom stereocenters. The van der Waals surface area contributed by atoms with E-state index in [9.17, 15) is 9.90 Å². The van der Waals surface area contributed by atoms with E-state index < -0.39 is 5.60 Å². The first-order valence-electron chi connectivity index (χ1n) is 11.0. The van der Waals surface area contributed by atoms with Gasteiger partial charge in [0.05, 0.1) is 18.3 Å². The summed E-state index contributed by atoms with van der Waals surface area (Å²) >= 11 is 3.48. The van der Waals surface area contributed by atoms with Crippen molar-refractivity contribution in [3.05, 3.63) is 63.9 Å². The summed E-state index contributed by atoms with van der Waals surface area (Å²) in [6.07, 6.45) is 3.71. The molecular formula is C24H25BrN4O4. The molecule has 1 saturated heterocycles. The number of hydrogen-bond acceptors (Lipinski definition) is 6. The van der Waals surface area contributed by atoms with Crippen molar-refractivity contribution in [3.8, 4) is 17.2 Å². The minimum Gasteiger partial charge on any atom is -0.454 e. The van der Waals surface area contributed by atoms with Crippen molar-refractivity contribution >= 4 is 21.8 Å². The molecule has 2 aliphatic heterocycles. The Morgan fingerprint density at radius 1 is 1.15 bits per heavy atom. The standard InChI is InChI=1S/C24H25BrN4O4/c1-16-11-18(25)4-5-19(16)29-14-22(26-27-29)24(31)7-2-9-28(10-8-24)23(30)13-17-3-6-20-21(12-17)33-15-32-20/h3-6,11-12,14,31H,2,7-10,13,15H2,1H3. The van der Waals surface area contributed by atoms with Crippen LogP contribution >= 0.6 is 15.9 Å². The Morgan fingerprint density at radius 2 is 2.00 bits per heavy atom. The molecule has 1 amide bonds. The molecule has 0 bridgehead atoms. The van der Waals surface area contributed by atoms with E-state index in [2.05, 4.69) is 26.2 Å². The number of benzene rings is 2. The van der Waals surface area contributed by atoms with Gasteiger partial charge >= 0.3 is 0 Å². The summed E-state index contributed by atoms with van der Waals surface area (Å²) in [5, 5.41) is 19.9. The number of aliphatic hydroxyl groups is 1. The van der Waals surface area contributed by atoms with Crippen molar-refractivity contribution in [3.63, 3.8) is 0 Å². The first-order valence-corrected chi connectivity index (χ1v) is 11.8. The molecule has 2 aliphatic rings. The topological polar surface area (TPSA) is 89.7 Å². The predicted molar refractivity (Wildman–Crippen MR) is 124 cm³/mol. The lowest BCUT2D eigenvalue weighted by molar-refractivity contribution is -0.130. The Kier molecular flexibility index (Phi) is 5.84. The molecule has 3 heterocycles. The number of aryl methyl sites for hydroxylation is 1. The second-order valence-corrected chi connectivity index (χ2v) is 9.53. The zero-order chi connectivity index (χ0) is 23.0. The van der Waals surface area contributed by atoms with Gasteiger partial charge in [-0.2, -0.15) is 0 Å². The molecule has 172 valence electrons. The van der Waals surface area contributed by atoms with E-state index in [1.807, 2.05) is 48.2 Å². The first-order chi connectivity index (χ1) is 15.9. The number of hydrogen-bond donors (Lipinski definition) is 1. The van der Waals surface area contributed by atoms with Crippen LogP contribution in [-0.2, 0) is 16.8 Å². The zero-order valence-electron chi connectivity index (χ0n) is 18.3. The van der Waals surface area contributed by atoms with Crippen molar-refractivity contribution in [1.29, 1.82) is 0 Å². The number of rotatable bonds is 4. The van der Waals surface area contributed by atoms with Gasteiger partial charge in [0.15, 0.2) is 11.5 Å². The molecule has 0 radical (unpaired) electrons. The SMILES string of the molecule is Cc1cc(Br)ccc1-n1cc(C2(O)CCCN(C(=O)Cc3ccc4c(c3)OCO4)CC2)nn1.